The number of hydrogen-bond donors (Lipinski definition) is 0. The molecule has 6 rings (SSSR count). The van der Waals surface area contributed by atoms with Crippen LogP contribution in [0.3, 0.4) is 0 Å². The van der Waals surface area contributed by atoms with E-state index in [1.165, 1.54) is 0 Å². The number of anilines is 2. The third-order valence-electron chi connectivity index (χ3n) is 10.5. The van der Waals surface area contributed by atoms with Crippen LogP contribution in [-0.2, 0) is 19.2 Å². The highest BCUT2D eigenvalue weighted by atomic mass is 16.2. The van der Waals surface area contributed by atoms with Crippen LogP contribution in [0.2, 0.25) is 0 Å². The molecule has 2 aliphatic heterocycles. The summed E-state index contributed by atoms with van der Waals surface area (Å²) in [5.74, 6) is -2.24. The average Bonchev–Trinajstić information content (AvgIpc) is 3.24. The van der Waals surface area contributed by atoms with Gasteiger partial charge < -0.3 is 0 Å². The van der Waals surface area contributed by atoms with Gasteiger partial charge in [0.25, 0.3) is 0 Å². The van der Waals surface area contributed by atoms with E-state index < -0.39 is 45.3 Å². The first kappa shape index (κ1) is 31.0. The van der Waals surface area contributed by atoms with Crippen LogP contribution in [0.5, 0.6) is 0 Å². The second-order valence-corrected chi connectivity index (χ2v) is 14.2. The topological polar surface area (TPSA) is 113 Å². The first-order chi connectivity index (χ1) is 21.5. The van der Waals surface area contributed by atoms with Crippen molar-refractivity contribution in [2.24, 2.45) is 21.7 Å². The number of benzene rings is 3. The van der Waals surface area contributed by atoms with Crippen LogP contribution in [0.25, 0.3) is 33.6 Å². The molecule has 0 aliphatic carbocycles. The van der Waals surface area contributed by atoms with Crippen LogP contribution in [0.1, 0.15) is 55.4 Å². The zero-order valence-corrected chi connectivity index (χ0v) is 27.4. The Bertz CT molecular complexity index is 1820. The van der Waals surface area contributed by atoms with Gasteiger partial charge in [0.15, 0.2) is 5.82 Å². The molecule has 3 heterocycles. The Morgan fingerprint density at radius 3 is 1.15 bits per heavy atom. The van der Waals surface area contributed by atoms with Crippen LogP contribution in [0.15, 0.2) is 78.9 Å². The van der Waals surface area contributed by atoms with Gasteiger partial charge in [-0.25, -0.2) is 9.80 Å². The number of carbonyl (C=O) groups excluding carboxylic acids is 4. The Labute approximate surface area is 268 Å². The lowest BCUT2D eigenvalue weighted by atomic mass is 9.70. The summed E-state index contributed by atoms with van der Waals surface area (Å²) in [5.41, 5.74) is 0.332. The van der Waals surface area contributed by atoms with Crippen molar-refractivity contribution in [3.8, 4) is 33.6 Å². The largest absolute Gasteiger partial charge is 0.273 e. The second-order valence-electron chi connectivity index (χ2n) is 14.2. The molecule has 0 bridgehead atoms. The Morgan fingerprint density at radius 2 is 0.739 bits per heavy atom. The van der Waals surface area contributed by atoms with Crippen molar-refractivity contribution < 1.29 is 19.2 Å². The normalized spacial score (nSPS) is 19.7. The smallest absolute Gasteiger partial charge is 0.244 e. The molecule has 0 unspecified atom stereocenters. The van der Waals surface area contributed by atoms with Crippen molar-refractivity contribution in [1.29, 1.82) is 0 Å². The maximum absolute atomic E-state index is 13.7. The highest BCUT2D eigenvalue weighted by molar-refractivity contribution is 6.25. The molecule has 9 heteroatoms. The van der Waals surface area contributed by atoms with E-state index in [2.05, 4.69) is 33.2 Å². The Hall–Kier alpha value is -5.05. The molecule has 2 saturated heterocycles. The molecule has 0 saturated carbocycles. The number of rotatable bonds is 5. The Kier molecular flexibility index (Phi) is 6.89. The lowest BCUT2D eigenvalue weighted by Crippen LogP contribution is -2.37. The van der Waals surface area contributed by atoms with Crippen molar-refractivity contribution in [2.75, 3.05) is 9.80 Å². The van der Waals surface area contributed by atoms with E-state index in [1.807, 2.05) is 54.6 Å². The minimum absolute atomic E-state index is 0.118. The van der Waals surface area contributed by atoms with Crippen LogP contribution in [0, 0.1) is 21.7 Å². The van der Waals surface area contributed by atoms with E-state index in [1.54, 1.807) is 61.5 Å². The molecule has 0 spiro atoms. The number of nitrogens with zero attached hydrogens (tertiary/aromatic N) is 5. The van der Waals surface area contributed by atoms with Gasteiger partial charge in [-0.05, 0) is 89.8 Å². The van der Waals surface area contributed by atoms with Crippen molar-refractivity contribution in [1.82, 2.24) is 15.0 Å². The summed E-state index contributed by atoms with van der Waals surface area (Å²) in [6.07, 6.45) is 0. The van der Waals surface area contributed by atoms with Gasteiger partial charge in [-0.3, -0.25) is 19.2 Å². The van der Waals surface area contributed by atoms with Gasteiger partial charge >= 0.3 is 0 Å². The average molecular weight is 616 g/mol. The molecular weight excluding hydrogens is 578 g/mol. The number of hydrogen-bond acceptors (Lipinski definition) is 7. The zero-order chi connectivity index (χ0) is 33.4. The predicted molar refractivity (Wildman–Crippen MR) is 176 cm³/mol. The van der Waals surface area contributed by atoms with Gasteiger partial charge in [0.2, 0.25) is 35.5 Å². The second kappa shape index (κ2) is 10.2. The summed E-state index contributed by atoms with van der Waals surface area (Å²) >= 11 is 0. The quantitative estimate of drug-likeness (QED) is 0.229. The van der Waals surface area contributed by atoms with Gasteiger partial charge in [-0.1, -0.05) is 66.7 Å². The maximum atomic E-state index is 13.7. The van der Waals surface area contributed by atoms with Crippen molar-refractivity contribution in [3.05, 3.63) is 78.9 Å². The summed E-state index contributed by atoms with van der Waals surface area (Å²) in [5, 5.41) is 0. The summed E-state index contributed by atoms with van der Waals surface area (Å²) in [4.78, 5) is 70.5. The van der Waals surface area contributed by atoms with Crippen molar-refractivity contribution in [2.45, 2.75) is 55.4 Å². The minimum atomic E-state index is -1.05. The lowest BCUT2D eigenvalue weighted by Gasteiger charge is -2.28. The summed E-state index contributed by atoms with van der Waals surface area (Å²) in [6, 6.07) is 25.7. The molecule has 9 nitrogen and oxygen atoms in total. The van der Waals surface area contributed by atoms with E-state index in [4.69, 9.17) is 0 Å². The van der Waals surface area contributed by atoms with E-state index in [-0.39, 0.29) is 17.7 Å². The molecule has 234 valence electrons. The zero-order valence-electron chi connectivity index (χ0n) is 27.4. The van der Waals surface area contributed by atoms with E-state index in [0.717, 1.165) is 32.1 Å². The number of carbonyl (C=O) groups is 4. The summed E-state index contributed by atoms with van der Waals surface area (Å²) in [7, 11) is 0. The Balaban J connectivity index is 1.51. The maximum Gasteiger partial charge on any atom is 0.244 e. The summed E-state index contributed by atoms with van der Waals surface area (Å²) in [6.45, 7) is 13.7. The molecule has 3 aromatic carbocycles. The molecule has 4 amide bonds. The fraction of sp³-hybridized carbons (Fsp3) is 0.324. The Morgan fingerprint density at radius 1 is 0.413 bits per heavy atom. The van der Waals surface area contributed by atoms with E-state index in [0.29, 0.717) is 5.56 Å². The van der Waals surface area contributed by atoms with Gasteiger partial charge in [0.05, 0.1) is 21.7 Å². The first-order valence-electron chi connectivity index (χ1n) is 15.3. The molecule has 0 N–H and O–H groups in total. The predicted octanol–water partition coefficient (Wildman–Crippen LogP) is 6.72. The van der Waals surface area contributed by atoms with Crippen LogP contribution < -0.4 is 9.80 Å². The number of aromatic nitrogens is 3. The number of amides is 4. The number of imide groups is 2. The lowest BCUT2D eigenvalue weighted by molar-refractivity contribution is -0.129. The SMILES string of the molecule is CC1(C)C(=O)N(c2nc(-c3cccc(-c4cccc(-c5ccccc5)c4)c3)nc(N3C(=O)C(C)(C)C(C)(C)C3=O)n2)C(=O)C1(C)C. The monoisotopic (exact) mass is 615 g/mol. The van der Waals surface area contributed by atoms with Gasteiger partial charge in [0.1, 0.15) is 0 Å². The van der Waals surface area contributed by atoms with E-state index >= 15 is 0 Å². The van der Waals surface area contributed by atoms with Crippen molar-refractivity contribution in [3.63, 3.8) is 0 Å². The van der Waals surface area contributed by atoms with E-state index in [9.17, 15) is 19.2 Å². The third kappa shape index (κ3) is 4.40. The molecule has 2 fully saturated rings. The van der Waals surface area contributed by atoms with Crippen LogP contribution in [-0.4, -0.2) is 38.6 Å². The molecule has 0 atom stereocenters. The molecular formula is C37H37N5O4. The highest BCUT2D eigenvalue weighted by Gasteiger charge is 2.62. The van der Waals surface area contributed by atoms with Gasteiger partial charge in [-0.15, -0.1) is 0 Å². The standard InChI is InChI=1S/C37H37N5O4/c1-34(2)28(43)41(29(44)35(34,3)4)32-38-27(39-33(40-32)42-30(45)36(5,6)37(7,8)31(42)46)26-19-13-18-25(21-26)24-17-12-16-23(20-24)22-14-10-9-11-15-22/h9-21H,1-8H3. The van der Waals surface area contributed by atoms with Crippen molar-refractivity contribution >= 4 is 35.5 Å². The fourth-order valence-corrected chi connectivity index (χ4v) is 5.76. The highest BCUT2D eigenvalue weighted by Crippen LogP contribution is 2.50. The van der Waals surface area contributed by atoms with Gasteiger partial charge in [0, 0.05) is 5.56 Å². The fourth-order valence-electron chi connectivity index (χ4n) is 5.76. The molecule has 1 aromatic heterocycles. The summed E-state index contributed by atoms with van der Waals surface area (Å²) < 4.78 is 0. The molecule has 0 radical (unpaired) electrons. The first-order valence-corrected chi connectivity index (χ1v) is 15.3. The minimum Gasteiger partial charge on any atom is -0.273 e. The molecule has 2 aliphatic rings. The van der Waals surface area contributed by atoms with Crippen LogP contribution in [0.4, 0.5) is 11.9 Å². The third-order valence-corrected chi connectivity index (χ3v) is 10.5. The van der Waals surface area contributed by atoms with Crippen LogP contribution >= 0.6 is 0 Å². The molecule has 4 aromatic rings. The molecule has 46 heavy (non-hydrogen) atoms. The van der Waals surface area contributed by atoms with Gasteiger partial charge in [-0.2, -0.15) is 15.0 Å².